The maximum absolute atomic E-state index is 11.9. The van der Waals surface area contributed by atoms with E-state index in [9.17, 15) is 9.59 Å². The molecule has 6 heteroatoms. The zero-order valence-electron chi connectivity index (χ0n) is 11.0. The highest BCUT2D eigenvalue weighted by molar-refractivity contribution is 8.00. The molecule has 0 bridgehead atoms. The third-order valence-corrected chi connectivity index (χ3v) is 4.82. The number of nitrogens with two attached hydrogens (primary N) is 1. The third kappa shape index (κ3) is 3.76. The fraction of sp³-hybridized carbons (Fsp3) is 0.538. The molecule has 0 radical (unpaired) electrons. The number of thioether (sulfide) groups is 1. The summed E-state index contributed by atoms with van der Waals surface area (Å²) in [7, 11) is 0. The van der Waals surface area contributed by atoms with Gasteiger partial charge in [-0.3, -0.25) is 9.59 Å². The number of rotatable bonds is 4. The van der Waals surface area contributed by atoms with E-state index in [1.54, 1.807) is 0 Å². The number of nitrogens with one attached hydrogen (secondary N) is 1. The molecule has 0 saturated carbocycles. The molecule has 1 saturated heterocycles. The van der Waals surface area contributed by atoms with Gasteiger partial charge in [0.15, 0.2) is 0 Å². The van der Waals surface area contributed by atoms with Crippen LogP contribution in [0.25, 0.3) is 0 Å². The van der Waals surface area contributed by atoms with Crippen LogP contribution in [0.1, 0.15) is 19.8 Å². The Morgan fingerprint density at radius 2 is 2.37 bits per heavy atom. The predicted molar refractivity (Wildman–Crippen MR) is 78.2 cm³/mol. The molecule has 1 aromatic heterocycles. The van der Waals surface area contributed by atoms with Crippen LogP contribution >= 0.6 is 11.8 Å². The van der Waals surface area contributed by atoms with Crippen molar-refractivity contribution in [1.29, 1.82) is 0 Å². The molecule has 19 heavy (non-hydrogen) atoms. The van der Waals surface area contributed by atoms with Crippen LogP contribution in [0.3, 0.4) is 0 Å². The lowest BCUT2D eigenvalue weighted by Gasteiger charge is -2.22. The molecule has 1 unspecified atom stereocenters. The lowest BCUT2D eigenvalue weighted by Crippen LogP contribution is -2.39. The highest BCUT2D eigenvalue weighted by Gasteiger charge is 2.29. The number of nitrogens with zero attached hydrogens (tertiary/aromatic N) is 1. The summed E-state index contributed by atoms with van der Waals surface area (Å²) in [5.74, 6) is 1.00. The molecule has 1 aromatic rings. The maximum Gasteiger partial charge on any atom is 0.251 e. The predicted octanol–water partition coefficient (Wildman–Crippen LogP) is 0.832. The SMILES string of the molecule is CC1(CNC(=O)Cn2cc(N)ccc2=O)CCCS1. The van der Waals surface area contributed by atoms with Gasteiger partial charge in [-0.2, -0.15) is 11.8 Å². The van der Waals surface area contributed by atoms with Crippen molar-refractivity contribution in [3.8, 4) is 0 Å². The van der Waals surface area contributed by atoms with E-state index in [-0.39, 0.29) is 22.8 Å². The molecule has 1 amide bonds. The average molecular weight is 281 g/mol. The van der Waals surface area contributed by atoms with Crippen molar-refractivity contribution < 1.29 is 4.79 Å². The second-order valence-corrected chi connectivity index (χ2v) is 6.79. The Bertz CT molecular complexity index is 521. The summed E-state index contributed by atoms with van der Waals surface area (Å²) in [6, 6.07) is 2.91. The summed E-state index contributed by atoms with van der Waals surface area (Å²) in [6.45, 7) is 2.83. The normalized spacial score (nSPS) is 22.4. The molecule has 1 aliphatic heterocycles. The van der Waals surface area contributed by atoms with Crippen LogP contribution in [0.15, 0.2) is 23.1 Å². The van der Waals surface area contributed by atoms with Crippen molar-refractivity contribution >= 4 is 23.4 Å². The van der Waals surface area contributed by atoms with Gasteiger partial charge in [-0.1, -0.05) is 0 Å². The van der Waals surface area contributed by atoms with Gasteiger partial charge in [0.05, 0.1) is 0 Å². The Labute approximate surface area is 116 Å². The van der Waals surface area contributed by atoms with Gasteiger partial charge in [0, 0.05) is 29.2 Å². The fourth-order valence-electron chi connectivity index (χ4n) is 2.15. The van der Waals surface area contributed by atoms with Gasteiger partial charge in [-0.05, 0) is 31.6 Å². The first-order valence-corrected chi connectivity index (χ1v) is 7.34. The molecule has 2 heterocycles. The summed E-state index contributed by atoms with van der Waals surface area (Å²) >= 11 is 1.90. The summed E-state index contributed by atoms with van der Waals surface area (Å²) in [5, 5.41) is 2.90. The first kappa shape index (κ1) is 14.0. The Hall–Kier alpha value is -1.43. The van der Waals surface area contributed by atoms with Crippen molar-refractivity contribution in [2.24, 2.45) is 0 Å². The van der Waals surface area contributed by atoms with Crippen LogP contribution in [0.5, 0.6) is 0 Å². The molecule has 0 aromatic carbocycles. The van der Waals surface area contributed by atoms with Crippen LogP contribution in [0, 0.1) is 0 Å². The first-order valence-electron chi connectivity index (χ1n) is 6.35. The average Bonchev–Trinajstić information content (AvgIpc) is 2.79. The molecular weight excluding hydrogens is 262 g/mol. The van der Waals surface area contributed by atoms with Gasteiger partial charge in [-0.15, -0.1) is 0 Å². The van der Waals surface area contributed by atoms with Gasteiger partial charge in [0.25, 0.3) is 5.56 Å². The number of pyridine rings is 1. The second-order valence-electron chi connectivity index (χ2n) is 5.11. The van der Waals surface area contributed by atoms with Gasteiger partial charge < -0.3 is 15.6 Å². The van der Waals surface area contributed by atoms with Crippen LogP contribution in [-0.2, 0) is 11.3 Å². The summed E-state index contributed by atoms with van der Waals surface area (Å²) in [6.07, 6.45) is 3.82. The monoisotopic (exact) mass is 281 g/mol. The van der Waals surface area contributed by atoms with Crippen molar-refractivity contribution in [2.75, 3.05) is 18.0 Å². The fourth-order valence-corrected chi connectivity index (χ4v) is 3.39. The van der Waals surface area contributed by atoms with Crippen molar-refractivity contribution in [2.45, 2.75) is 31.1 Å². The van der Waals surface area contributed by atoms with E-state index in [0.29, 0.717) is 12.2 Å². The van der Waals surface area contributed by atoms with E-state index in [0.717, 1.165) is 12.2 Å². The highest BCUT2D eigenvalue weighted by atomic mass is 32.2. The van der Waals surface area contributed by atoms with Gasteiger partial charge >= 0.3 is 0 Å². The molecule has 1 fully saturated rings. The first-order chi connectivity index (χ1) is 8.98. The molecule has 0 aliphatic carbocycles. The Morgan fingerprint density at radius 1 is 1.58 bits per heavy atom. The second kappa shape index (κ2) is 5.69. The minimum atomic E-state index is -0.217. The van der Waals surface area contributed by atoms with E-state index in [4.69, 9.17) is 5.73 Å². The topological polar surface area (TPSA) is 77.1 Å². The van der Waals surface area contributed by atoms with Crippen molar-refractivity contribution in [3.63, 3.8) is 0 Å². The van der Waals surface area contributed by atoms with Crippen molar-refractivity contribution in [3.05, 3.63) is 28.7 Å². The molecule has 104 valence electrons. The van der Waals surface area contributed by atoms with Crippen LogP contribution < -0.4 is 16.6 Å². The number of anilines is 1. The number of amides is 1. The van der Waals surface area contributed by atoms with E-state index in [1.807, 2.05) is 11.8 Å². The van der Waals surface area contributed by atoms with Crippen LogP contribution in [-0.4, -0.2) is 27.5 Å². The van der Waals surface area contributed by atoms with Gasteiger partial charge in [0.1, 0.15) is 6.54 Å². The lowest BCUT2D eigenvalue weighted by atomic mass is 10.1. The Kier molecular flexibility index (Phi) is 4.19. The maximum atomic E-state index is 11.9. The summed E-state index contributed by atoms with van der Waals surface area (Å²) in [4.78, 5) is 23.4. The van der Waals surface area contributed by atoms with E-state index in [2.05, 4.69) is 12.2 Å². The van der Waals surface area contributed by atoms with Crippen molar-refractivity contribution in [1.82, 2.24) is 9.88 Å². The molecule has 3 N–H and O–H groups in total. The minimum absolute atomic E-state index is 0.0185. The van der Waals surface area contributed by atoms with E-state index in [1.165, 1.54) is 29.3 Å². The zero-order chi connectivity index (χ0) is 13.9. The molecule has 5 nitrogen and oxygen atoms in total. The lowest BCUT2D eigenvalue weighted by molar-refractivity contribution is -0.121. The molecule has 1 atom stereocenters. The minimum Gasteiger partial charge on any atom is -0.398 e. The molecule has 0 spiro atoms. The number of hydrogen-bond acceptors (Lipinski definition) is 4. The summed E-state index contributed by atoms with van der Waals surface area (Å²) < 4.78 is 1.46. The zero-order valence-corrected chi connectivity index (χ0v) is 11.8. The van der Waals surface area contributed by atoms with Gasteiger partial charge in [0.2, 0.25) is 5.91 Å². The number of carbonyl (C=O) groups excluding carboxylic acids is 1. The number of aromatic nitrogens is 1. The number of carbonyl (C=O) groups is 1. The quantitative estimate of drug-likeness (QED) is 0.857. The Morgan fingerprint density at radius 3 is 3.05 bits per heavy atom. The largest absolute Gasteiger partial charge is 0.398 e. The number of nitrogen functional groups attached to an aromatic ring is 1. The van der Waals surface area contributed by atoms with E-state index >= 15 is 0 Å². The number of hydrogen-bond donors (Lipinski definition) is 2. The van der Waals surface area contributed by atoms with Crippen LogP contribution in [0.2, 0.25) is 0 Å². The third-order valence-electron chi connectivity index (χ3n) is 3.28. The van der Waals surface area contributed by atoms with Gasteiger partial charge in [-0.25, -0.2) is 0 Å². The molecule has 1 aliphatic rings. The standard InChI is InChI=1S/C13H19N3O2S/c1-13(5-2-6-19-13)9-15-11(17)8-16-7-10(14)3-4-12(16)18/h3-4,7H,2,5-6,8-9,14H2,1H3,(H,15,17). The highest BCUT2D eigenvalue weighted by Crippen LogP contribution is 2.36. The molecule has 2 rings (SSSR count). The van der Waals surface area contributed by atoms with E-state index < -0.39 is 0 Å². The smallest absolute Gasteiger partial charge is 0.251 e. The molecular formula is C13H19N3O2S. The summed E-state index contributed by atoms with van der Waals surface area (Å²) in [5.41, 5.74) is 5.86. The van der Waals surface area contributed by atoms with Crippen LogP contribution in [0.4, 0.5) is 5.69 Å². The Balaban J connectivity index is 1.90.